The zero-order chi connectivity index (χ0) is 19.8. The van der Waals surface area contributed by atoms with Crippen LogP contribution in [0.4, 0.5) is 10.1 Å². The third-order valence-electron chi connectivity index (χ3n) is 4.76. The molecule has 9 nitrogen and oxygen atoms in total. The van der Waals surface area contributed by atoms with Crippen LogP contribution in [0, 0.1) is 29.8 Å². The van der Waals surface area contributed by atoms with Gasteiger partial charge >= 0.3 is 5.69 Å². The van der Waals surface area contributed by atoms with Gasteiger partial charge in [0.1, 0.15) is 17.2 Å². The van der Waals surface area contributed by atoms with Crippen molar-refractivity contribution in [2.75, 3.05) is 26.2 Å². The molecule has 3 rings (SSSR count). The van der Waals surface area contributed by atoms with Crippen molar-refractivity contribution in [1.82, 2.24) is 14.1 Å². The highest BCUT2D eigenvalue weighted by atomic mass is 32.2. The quantitative estimate of drug-likeness (QED) is 0.568. The van der Waals surface area contributed by atoms with Gasteiger partial charge in [-0.2, -0.15) is 9.40 Å². The summed E-state index contributed by atoms with van der Waals surface area (Å²) in [6.45, 7) is 5.31. The Kier molecular flexibility index (Phi) is 5.27. The van der Waals surface area contributed by atoms with E-state index < -0.39 is 20.8 Å². The number of benzene rings is 1. The topological polar surface area (TPSA) is 103 Å². The molecule has 1 saturated heterocycles. The molecule has 0 unspecified atom stereocenters. The molecule has 0 aliphatic carbocycles. The van der Waals surface area contributed by atoms with E-state index in [4.69, 9.17) is 0 Å². The number of sulfonamides is 1. The summed E-state index contributed by atoms with van der Waals surface area (Å²) in [7, 11) is -3.73. The number of nitrogens with zero attached hydrogens (tertiary/aromatic N) is 4. The molecule has 0 bridgehead atoms. The molecule has 11 heteroatoms. The van der Waals surface area contributed by atoms with Crippen LogP contribution in [0.3, 0.4) is 0 Å². The fraction of sp³-hybridized carbons (Fsp3) is 0.438. The van der Waals surface area contributed by atoms with Crippen LogP contribution in [-0.2, 0) is 16.7 Å². The zero-order valence-corrected chi connectivity index (χ0v) is 15.9. The second-order valence-corrected chi connectivity index (χ2v) is 8.48. The maximum atomic E-state index is 13.4. The van der Waals surface area contributed by atoms with Gasteiger partial charge in [0.2, 0.25) is 10.0 Å². The lowest BCUT2D eigenvalue weighted by atomic mass is 10.3. The Balaban J connectivity index is 1.68. The van der Waals surface area contributed by atoms with E-state index >= 15 is 0 Å². The van der Waals surface area contributed by atoms with E-state index in [1.807, 2.05) is 0 Å². The normalized spacial score (nSPS) is 16.6. The van der Waals surface area contributed by atoms with Crippen LogP contribution in [0.25, 0.3) is 0 Å². The maximum absolute atomic E-state index is 13.4. The van der Waals surface area contributed by atoms with E-state index in [1.54, 1.807) is 18.5 Å². The average Bonchev–Trinajstić information content (AvgIpc) is 2.89. The number of rotatable bonds is 5. The SMILES string of the molecule is Cc1nn(C[NH+]2CCN(S(=O)(=O)c3cccc(F)c3)CC2)c(C)c1[N+](=O)[O-]. The van der Waals surface area contributed by atoms with E-state index in [0.717, 1.165) is 11.0 Å². The van der Waals surface area contributed by atoms with Gasteiger partial charge in [-0.05, 0) is 32.0 Å². The number of nitrogens with one attached hydrogen (secondary N) is 1. The van der Waals surface area contributed by atoms with Gasteiger partial charge < -0.3 is 4.90 Å². The molecule has 0 spiro atoms. The van der Waals surface area contributed by atoms with E-state index in [2.05, 4.69) is 5.10 Å². The summed E-state index contributed by atoms with van der Waals surface area (Å²) in [5, 5.41) is 15.3. The Morgan fingerprint density at radius 1 is 1.30 bits per heavy atom. The highest BCUT2D eigenvalue weighted by molar-refractivity contribution is 7.89. The molecule has 0 atom stereocenters. The Bertz CT molecular complexity index is 967. The lowest BCUT2D eigenvalue weighted by Crippen LogP contribution is -3.14. The van der Waals surface area contributed by atoms with E-state index in [0.29, 0.717) is 31.1 Å². The van der Waals surface area contributed by atoms with Gasteiger partial charge in [0.05, 0.1) is 36.0 Å². The van der Waals surface area contributed by atoms with Crippen molar-refractivity contribution in [3.05, 3.63) is 51.6 Å². The number of halogens is 1. The molecule has 0 saturated carbocycles. The summed E-state index contributed by atoms with van der Waals surface area (Å²) in [5.41, 5.74) is 0.866. The Labute approximate surface area is 156 Å². The van der Waals surface area contributed by atoms with Gasteiger partial charge in [0, 0.05) is 0 Å². The third kappa shape index (κ3) is 3.84. The molecule has 1 fully saturated rings. The number of aromatic nitrogens is 2. The molecule has 146 valence electrons. The predicted octanol–water partition coefficient (Wildman–Crippen LogP) is 0.0941. The van der Waals surface area contributed by atoms with Crippen molar-refractivity contribution in [2.24, 2.45) is 0 Å². The van der Waals surface area contributed by atoms with Crippen molar-refractivity contribution < 1.29 is 22.6 Å². The smallest absolute Gasteiger partial charge is 0.312 e. The van der Waals surface area contributed by atoms with Crippen LogP contribution in [0.1, 0.15) is 11.4 Å². The molecule has 0 radical (unpaired) electrons. The number of hydrogen-bond donors (Lipinski definition) is 1. The molecule has 27 heavy (non-hydrogen) atoms. The minimum atomic E-state index is -3.73. The molecule has 2 aromatic rings. The standard InChI is InChI=1S/C16H20FN5O4S/c1-12-16(22(23)24)13(2)21(18-12)11-19-6-8-20(9-7-19)27(25,26)15-5-3-4-14(17)10-15/h3-5,10H,6-9,11H2,1-2H3/p+1. The van der Waals surface area contributed by atoms with Crippen molar-refractivity contribution in [3.63, 3.8) is 0 Å². The second kappa shape index (κ2) is 7.33. The molecule has 0 amide bonds. The zero-order valence-electron chi connectivity index (χ0n) is 15.1. The Hall–Kier alpha value is -2.37. The van der Waals surface area contributed by atoms with Crippen LogP contribution in [-0.4, -0.2) is 53.6 Å². The monoisotopic (exact) mass is 398 g/mol. The molecule has 1 aromatic heterocycles. The molecule has 2 heterocycles. The van der Waals surface area contributed by atoms with Crippen molar-refractivity contribution in [3.8, 4) is 0 Å². The van der Waals surface area contributed by atoms with Gasteiger partial charge in [-0.1, -0.05) is 6.07 Å². The summed E-state index contributed by atoms with van der Waals surface area (Å²) in [5.74, 6) is -0.591. The Morgan fingerprint density at radius 3 is 2.52 bits per heavy atom. The highest BCUT2D eigenvalue weighted by Gasteiger charge is 2.31. The third-order valence-corrected chi connectivity index (χ3v) is 6.66. The van der Waals surface area contributed by atoms with E-state index in [1.165, 1.54) is 22.5 Å². The summed E-state index contributed by atoms with van der Waals surface area (Å²) < 4.78 is 41.6. The van der Waals surface area contributed by atoms with Gasteiger partial charge in [0.25, 0.3) is 0 Å². The fourth-order valence-electron chi connectivity index (χ4n) is 3.29. The average molecular weight is 398 g/mol. The van der Waals surface area contributed by atoms with Crippen LogP contribution >= 0.6 is 0 Å². The van der Waals surface area contributed by atoms with Crippen LogP contribution in [0.2, 0.25) is 0 Å². The highest BCUT2D eigenvalue weighted by Crippen LogP contribution is 2.21. The van der Waals surface area contributed by atoms with Gasteiger partial charge in [-0.25, -0.2) is 17.5 Å². The minimum absolute atomic E-state index is 0.0155. The summed E-state index contributed by atoms with van der Waals surface area (Å²) in [6, 6.07) is 4.98. The van der Waals surface area contributed by atoms with Gasteiger partial charge in [-0.15, -0.1) is 0 Å². The van der Waals surface area contributed by atoms with E-state index in [-0.39, 0.29) is 23.7 Å². The maximum Gasteiger partial charge on any atom is 0.312 e. The van der Waals surface area contributed by atoms with Crippen molar-refractivity contribution >= 4 is 15.7 Å². The number of nitro groups is 1. The summed E-state index contributed by atoms with van der Waals surface area (Å²) in [6.07, 6.45) is 0. The van der Waals surface area contributed by atoms with Crippen LogP contribution in [0.15, 0.2) is 29.2 Å². The number of aryl methyl sites for hydroxylation is 1. The first-order valence-corrected chi connectivity index (χ1v) is 9.92. The first-order valence-electron chi connectivity index (χ1n) is 8.48. The lowest BCUT2D eigenvalue weighted by molar-refractivity contribution is -0.926. The van der Waals surface area contributed by atoms with Crippen molar-refractivity contribution in [1.29, 1.82) is 0 Å². The fourth-order valence-corrected chi connectivity index (χ4v) is 4.77. The molecule has 1 aromatic carbocycles. The van der Waals surface area contributed by atoms with Crippen LogP contribution < -0.4 is 4.90 Å². The molecular formula is C16H21FN5O4S+. The minimum Gasteiger partial charge on any atom is -0.314 e. The van der Waals surface area contributed by atoms with Gasteiger partial charge in [0.15, 0.2) is 6.67 Å². The molecule has 1 N–H and O–H groups in total. The number of quaternary nitrogens is 1. The molecule has 1 aliphatic heterocycles. The first kappa shape index (κ1) is 19.4. The number of hydrogen-bond acceptors (Lipinski definition) is 5. The molecular weight excluding hydrogens is 377 g/mol. The first-order chi connectivity index (χ1) is 12.7. The van der Waals surface area contributed by atoms with E-state index in [9.17, 15) is 22.9 Å². The molecule has 1 aliphatic rings. The lowest BCUT2D eigenvalue weighted by Gasteiger charge is -2.31. The Morgan fingerprint density at radius 2 is 1.96 bits per heavy atom. The largest absolute Gasteiger partial charge is 0.314 e. The summed E-state index contributed by atoms with van der Waals surface area (Å²) in [4.78, 5) is 11.7. The second-order valence-electron chi connectivity index (χ2n) is 6.55. The van der Waals surface area contributed by atoms with Gasteiger partial charge in [-0.3, -0.25) is 10.1 Å². The predicted molar refractivity (Wildman–Crippen MR) is 94.2 cm³/mol. The number of piperazine rings is 1. The summed E-state index contributed by atoms with van der Waals surface area (Å²) >= 11 is 0. The van der Waals surface area contributed by atoms with Crippen molar-refractivity contribution in [2.45, 2.75) is 25.4 Å². The van der Waals surface area contributed by atoms with Crippen LogP contribution in [0.5, 0.6) is 0 Å².